The number of rotatable bonds is 6. The predicted octanol–water partition coefficient (Wildman–Crippen LogP) is 2.62. The van der Waals surface area contributed by atoms with Gasteiger partial charge >= 0.3 is 0 Å². The molecule has 1 rings (SSSR count). The van der Waals surface area contributed by atoms with Crippen LogP contribution in [0.5, 0.6) is 0 Å². The zero-order chi connectivity index (χ0) is 13.5. The summed E-state index contributed by atoms with van der Waals surface area (Å²) in [5.74, 6) is 0.681. The fourth-order valence-corrected chi connectivity index (χ4v) is 1.87. The van der Waals surface area contributed by atoms with Crippen LogP contribution in [-0.2, 0) is 11.2 Å². The summed E-state index contributed by atoms with van der Waals surface area (Å²) in [5, 5.41) is 8.72. The maximum absolute atomic E-state index is 11.8. The fraction of sp³-hybridized carbons (Fsp3) is 0.533. The molecule has 0 saturated carbocycles. The highest BCUT2D eigenvalue weighted by Crippen LogP contribution is 2.17. The van der Waals surface area contributed by atoms with Gasteiger partial charge in [0.05, 0.1) is 0 Å². The molecule has 3 nitrogen and oxygen atoms in total. The molecule has 1 aromatic carbocycles. The van der Waals surface area contributed by atoms with Crippen molar-refractivity contribution in [2.45, 2.75) is 33.1 Å². The minimum Gasteiger partial charge on any atom is -0.396 e. The molecule has 0 fully saturated rings. The van der Waals surface area contributed by atoms with Gasteiger partial charge < -0.3 is 10.0 Å². The fourth-order valence-electron chi connectivity index (χ4n) is 1.87. The first-order valence-electron chi connectivity index (χ1n) is 6.51. The van der Waals surface area contributed by atoms with Gasteiger partial charge in [0.15, 0.2) is 0 Å². The third-order valence-corrected chi connectivity index (χ3v) is 2.89. The van der Waals surface area contributed by atoms with E-state index in [1.165, 1.54) is 5.56 Å². The first-order valence-corrected chi connectivity index (χ1v) is 6.51. The van der Waals surface area contributed by atoms with Crippen LogP contribution in [0.15, 0.2) is 24.3 Å². The topological polar surface area (TPSA) is 40.5 Å². The zero-order valence-electron chi connectivity index (χ0n) is 11.5. The van der Waals surface area contributed by atoms with Gasteiger partial charge in [0.2, 0.25) is 5.91 Å². The number of aliphatic hydroxyl groups excluding tert-OH is 1. The molecule has 0 aliphatic rings. The normalized spacial score (nSPS) is 10.7. The minimum atomic E-state index is 0.0423. The van der Waals surface area contributed by atoms with Crippen LogP contribution in [0.2, 0.25) is 0 Å². The van der Waals surface area contributed by atoms with E-state index in [1.54, 1.807) is 11.9 Å². The van der Waals surface area contributed by atoms with E-state index in [0.29, 0.717) is 18.8 Å². The van der Waals surface area contributed by atoms with E-state index in [4.69, 9.17) is 5.11 Å². The van der Waals surface area contributed by atoms with Crippen molar-refractivity contribution in [1.29, 1.82) is 0 Å². The molecule has 0 atom stereocenters. The van der Waals surface area contributed by atoms with Crippen LogP contribution in [0.4, 0.5) is 5.69 Å². The van der Waals surface area contributed by atoms with E-state index in [-0.39, 0.29) is 12.5 Å². The number of nitrogens with zero attached hydrogens (tertiary/aromatic N) is 1. The molecule has 1 amide bonds. The second-order valence-corrected chi connectivity index (χ2v) is 5.04. The zero-order valence-corrected chi connectivity index (χ0v) is 11.5. The van der Waals surface area contributed by atoms with Crippen LogP contribution in [0.1, 0.15) is 32.3 Å². The molecule has 0 aliphatic heterocycles. The summed E-state index contributed by atoms with van der Waals surface area (Å²) in [6.45, 7) is 4.45. The Kier molecular flexibility index (Phi) is 5.86. The van der Waals surface area contributed by atoms with Gasteiger partial charge in [-0.2, -0.15) is 0 Å². The SMILES string of the molecule is CC(C)Cc1ccc(N(C)C(=O)CCCO)cc1. The maximum Gasteiger partial charge on any atom is 0.226 e. The third kappa shape index (κ3) is 4.49. The van der Waals surface area contributed by atoms with Crippen molar-refractivity contribution < 1.29 is 9.90 Å². The second kappa shape index (κ2) is 7.17. The van der Waals surface area contributed by atoms with Crippen LogP contribution in [0.3, 0.4) is 0 Å². The molecule has 0 spiro atoms. The van der Waals surface area contributed by atoms with Gasteiger partial charge in [0.25, 0.3) is 0 Å². The summed E-state index contributed by atoms with van der Waals surface area (Å²) >= 11 is 0. The van der Waals surface area contributed by atoms with Crippen molar-refractivity contribution in [2.75, 3.05) is 18.6 Å². The molecular formula is C15H23NO2. The molecule has 0 heterocycles. The smallest absolute Gasteiger partial charge is 0.226 e. The van der Waals surface area contributed by atoms with Gasteiger partial charge in [-0.3, -0.25) is 4.79 Å². The van der Waals surface area contributed by atoms with Gasteiger partial charge in [-0.15, -0.1) is 0 Å². The summed E-state index contributed by atoms with van der Waals surface area (Å²) in [5.41, 5.74) is 2.20. The average molecular weight is 249 g/mol. The van der Waals surface area contributed by atoms with E-state index in [9.17, 15) is 4.79 Å². The van der Waals surface area contributed by atoms with Crippen molar-refractivity contribution >= 4 is 11.6 Å². The van der Waals surface area contributed by atoms with Crippen molar-refractivity contribution in [3.8, 4) is 0 Å². The molecule has 0 radical (unpaired) electrons. The number of hydrogen-bond acceptors (Lipinski definition) is 2. The molecule has 100 valence electrons. The van der Waals surface area contributed by atoms with E-state index < -0.39 is 0 Å². The Morgan fingerprint density at radius 2 is 1.89 bits per heavy atom. The maximum atomic E-state index is 11.8. The molecule has 0 aliphatic carbocycles. The number of benzene rings is 1. The van der Waals surface area contributed by atoms with Crippen molar-refractivity contribution in [1.82, 2.24) is 0 Å². The highest BCUT2D eigenvalue weighted by Gasteiger charge is 2.10. The number of anilines is 1. The lowest BCUT2D eigenvalue weighted by molar-refractivity contribution is -0.118. The summed E-state index contributed by atoms with van der Waals surface area (Å²) in [4.78, 5) is 13.4. The Hall–Kier alpha value is -1.35. The monoisotopic (exact) mass is 249 g/mol. The molecule has 3 heteroatoms. The lowest BCUT2D eigenvalue weighted by Crippen LogP contribution is -2.26. The summed E-state index contributed by atoms with van der Waals surface area (Å²) in [6.07, 6.45) is 1.97. The number of carbonyl (C=O) groups excluding carboxylic acids is 1. The Morgan fingerprint density at radius 3 is 2.39 bits per heavy atom. The van der Waals surface area contributed by atoms with Crippen molar-refractivity contribution in [3.63, 3.8) is 0 Å². The Labute approximate surface area is 109 Å². The predicted molar refractivity (Wildman–Crippen MR) is 74.7 cm³/mol. The van der Waals surface area contributed by atoms with Gasteiger partial charge in [-0.1, -0.05) is 26.0 Å². The minimum absolute atomic E-state index is 0.0423. The summed E-state index contributed by atoms with van der Waals surface area (Å²) in [7, 11) is 1.77. The molecule has 0 bridgehead atoms. The van der Waals surface area contributed by atoms with Gasteiger partial charge in [0, 0.05) is 25.8 Å². The highest BCUT2D eigenvalue weighted by molar-refractivity contribution is 5.92. The lowest BCUT2D eigenvalue weighted by atomic mass is 10.0. The van der Waals surface area contributed by atoms with Crippen LogP contribution in [-0.4, -0.2) is 24.7 Å². The van der Waals surface area contributed by atoms with Crippen LogP contribution < -0.4 is 4.90 Å². The number of amides is 1. The first kappa shape index (κ1) is 14.7. The van der Waals surface area contributed by atoms with Gasteiger partial charge in [-0.25, -0.2) is 0 Å². The molecule has 0 unspecified atom stereocenters. The standard InChI is InChI=1S/C15H23NO2/c1-12(2)11-13-6-8-14(9-7-13)16(3)15(18)5-4-10-17/h6-9,12,17H,4-5,10-11H2,1-3H3. The lowest BCUT2D eigenvalue weighted by Gasteiger charge is -2.17. The first-order chi connectivity index (χ1) is 8.54. The number of carbonyl (C=O) groups is 1. The largest absolute Gasteiger partial charge is 0.396 e. The van der Waals surface area contributed by atoms with Crippen LogP contribution in [0, 0.1) is 5.92 Å². The summed E-state index contributed by atoms with van der Waals surface area (Å²) in [6, 6.07) is 8.11. The van der Waals surface area contributed by atoms with Crippen molar-refractivity contribution in [2.24, 2.45) is 5.92 Å². The Morgan fingerprint density at radius 1 is 1.28 bits per heavy atom. The quantitative estimate of drug-likeness (QED) is 0.842. The van der Waals surface area contributed by atoms with Crippen LogP contribution >= 0.6 is 0 Å². The Balaban J connectivity index is 2.63. The molecular weight excluding hydrogens is 226 g/mol. The van der Waals surface area contributed by atoms with E-state index in [1.807, 2.05) is 12.1 Å². The highest BCUT2D eigenvalue weighted by atomic mass is 16.3. The number of hydrogen-bond donors (Lipinski definition) is 1. The molecule has 18 heavy (non-hydrogen) atoms. The second-order valence-electron chi connectivity index (χ2n) is 5.04. The van der Waals surface area contributed by atoms with Crippen molar-refractivity contribution in [3.05, 3.63) is 29.8 Å². The van der Waals surface area contributed by atoms with Gasteiger partial charge in [-0.05, 0) is 36.5 Å². The molecule has 0 saturated heterocycles. The molecule has 0 aromatic heterocycles. The molecule has 1 aromatic rings. The summed E-state index contributed by atoms with van der Waals surface area (Å²) < 4.78 is 0. The molecule has 1 N–H and O–H groups in total. The number of aliphatic hydroxyl groups is 1. The average Bonchev–Trinajstić information content (AvgIpc) is 2.35. The van der Waals surface area contributed by atoms with E-state index >= 15 is 0 Å². The Bertz CT molecular complexity index is 371. The van der Waals surface area contributed by atoms with Crippen LogP contribution in [0.25, 0.3) is 0 Å². The van der Waals surface area contributed by atoms with E-state index in [0.717, 1.165) is 12.1 Å². The van der Waals surface area contributed by atoms with E-state index in [2.05, 4.69) is 26.0 Å². The third-order valence-electron chi connectivity index (χ3n) is 2.89. The van der Waals surface area contributed by atoms with Gasteiger partial charge in [0.1, 0.15) is 0 Å².